The van der Waals surface area contributed by atoms with Crippen molar-refractivity contribution < 1.29 is 4.74 Å². The second kappa shape index (κ2) is 11.9. The highest BCUT2D eigenvalue weighted by Gasteiger charge is 2.05. The van der Waals surface area contributed by atoms with Gasteiger partial charge in [-0.2, -0.15) is 5.10 Å². The molecule has 0 fully saturated rings. The predicted octanol–water partition coefficient (Wildman–Crippen LogP) is 0.653. The van der Waals surface area contributed by atoms with Gasteiger partial charge in [-0.15, -0.1) is 0 Å². The maximum atomic E-state index is 5.07. The minimum absolute atomic E-state index is 0.477. The molecule has 0 bridgehead atoms. The highest BCUT2D eigenvalue weighted by atomic mass is 16.5. The van der Waals surface area contributed by atoms with Crippen molar-refractivity contribution >= 4 is 5.96 Å². The van der Waals surface area contributed by atoms with Gasteiger partial charge < -0.3 is 20.3 Å². The van der Waals surface area contributed by atoms with Gasteiger partial charge in [-0.3, -0.25) is 9.67 Å². The highest BCUT2D eigenvalue weighted by molar-refractivity contribution is 5.79. The van der Waals surface area contributed by atoms with E-state index in [2.05, 4.69) is 39.6 Å². The molecule has 0 aromatic carbocycles. The molecule has 1 aromatic heterocycles. The van der Waals surface area contributed by atoms with E-state index in [1.807, 2.05) is 23.1 Å². The van der Waals surface area contributed by atoms with Gasteiger partial charge in [-0.1, -0.05) is 6.92 Å². The fraction of sp³-hybridized carbons (Fsp3) is 0.750. The number of nitrogens with one attached hydrogen (secondary N) is 2. The molecule has 0 saturated carbocycles. The van der Waals surface area contributed by atoms with Gasteiger partial charge in [0.2, 0.25) is 0 Å². The van der Waals surface area contributed by atoms with Crippen LogP contribution in [0.3, 0.4) is 0 Å². The smallest absolute Gasteiger partial charge is 0.191 e. The first-order chi connectivity index (χ1) is 11.2. The number of hydrogen-bond acceptors (Lipinski definition) is 4. The van der Waals surface area contributed by atoms with E-state index in [9.17, 15) is 0 Å². The van der Waals surface area contributed by atoms with Crippen LogP contribution in [0.2, 0.25) is 0 Å². The third-order valence-corrected chi connectivity index (χ3v) is 3.57. The second-order valence-corrected chi connectivity index (χ2v) is 5.86. The van der Waals surface area contributed by atoms with Crippen LogP contribution in [0, 0.1) is 5.92 Å². The van der Waals surface area contributed by atoms with Crippen LogP contribution in [0.1, 0.15) is 13.3 Å². The fourth-order valence-corrected chi connectivity index (χ4v) is 2.24. The summed E-state index contributed by atoms with van der Waals surface area (Å²) >= 11 is 0. The van der Waals surface area contributed by atoms with E-state index >= 15 is 0 Å². The van der Waals surface area contributed by atoms with Crippen molar-refractivity contribution in [2.24, 2.45) is 10.9 Å². The number of guanidine groups is 1. The third-order valence-electron chi connectivity index (χ3n) is 3.57. The van der Waals surface area contributed by atoms with Gasteiger partial charge in [0.05, 0.1) is 0 Å². The molecule has 1 atom stereocenters. The van der Waals surface area contributed by atoms with Crippen molar-refractivity contribution in [2.75, 3.05) is 54.0 Å². The summed E-state index contributed by atoms with van der Waals surface area (Å²) in [5.74, 6) is 1.33. The Labute approximate surface area is 140 Å². The summed E-state index contributed by atoms with van der Waals surface area (Å²) in [4.78, 5) is 6.55. The van der Waals surface area contributed by atoms with Crippen molar-refractivity contribution in [3.05, 3.63) is 18.5 Å². The molecule has 2 N–H and O–H groups in total. The van der Waals surface area contributed by atoms with Gasteiger partial charge in [-0.05, 0) is 25.5 Å². The Morgan fingerprint density at radius 1 is 1.39 bits per heavy atom. The lowest BCUT2D eigenvalue weighted by Crippen LogP contribution is -2.42. The summed E-state index contributed by atoms with van der Waals surface area (Å²) in [5, 5.41) is 10.9. The summed E-state index contributed by atoms with van der Waals surface area (Å²) < 4.78 is 7.02. The molecule has 23 heavy (non-hydrogen) atoms. The molecule has 0 aliphatic heterocycles. The SMILES string of the molecule is CN=C(NCCN(C)CCCOC)NCC(C)Cn1cccn1. The minimum Gasteiger partial charge on any atom is -0.385 e. The van der Waals surface area contributed by atoms with Crippen molar-refractivity contribution in [3.8, 4) is 0 Å². The molecular formula is C16H32N6O. The number of aromatic nitrogens is 2. The number of methoxy groups -OCH3 is 1. The van der Waals surface area contributed by atoms with Gasteiger partial charge in [0.1, 0.15) is 0 Å². The normalized spacial score (nSPS) is 13.3. The Kier molecular flexibility index (Phi) is 10.1. The molecule has 0 radical (unpaired) electrons. The molecule has 0 saturated heterocycles. The van der Waals surface area contributed by atoms with E-state index < -0.39 is 0 Å². The van der Waals surface area contributed by atoms with Crippen molar-refractivity contribution in [1.29, 1.82) is 0 Å². The number of ether oxygens (including phenoxy) is 1. The molecule has 1 rings (SSSR count). The zero-order chi connectivity index (χ0) is 16.9. The van der Waals surface area contributed by atoms with Crippen LogP contribution in [0.5, 0.6) is 0 Å². The fourth-order valence-electron chi connectivity index (χ4n) is 2.24. The van der Waals surface area contributed by atoms with Crippen LogP contribution in [0.25, 0.3) is 0 Å². The van der Waals surface area contributed by atoms with Crippen LogP contribution in [-0.4, -0.2) is 74.6 Å². The zero-order valence-electron chi connectivity index (χ0n) is 15.0. The largest absolute Gasteiger partial charge is 0.385 e. The van der Waals surface area contributed by atoms with E-state index in [0.717, 1.165) is 51.7 Å². The van der Waals surface area contributed by atoms with E-state index in [0.29, 0.717) is 5.92 Å². The first kappa shape index (κ1) is 19.4. The van der Waals surface area contributed by atoms with E-state index in [-0.39, 0.29) is 0 Å². The maximum Gasteiger partial charge on any atom is 0.191 e. The van der Waals surface area contributed by atoms with Crippen LogP contribution in [-0.2, 0) is 11.3 Å². The molecule has 1 heterocycles. The van der Waals surface area contributed by atoms with E-state index in [1.54, 1.807) is 14.2 Å². The standard InChI is InChI=1S/C16H32N6O/c1-15(14-22-10-5-7-20-22)13-19-16(17-2)18-8-11-21(3)9-6-12-23-4/h5,7,10,15H,6,8-9,11-14H2,1-4H3,(H2,17,18,19). The minimum atomic E-state index is 0.477. The predicted molar refractivity (Wildman–Crippen MR) is 94.7 cm³/mol. The molecular weight excluding hydrogens is 292 g/mol. The number of nitrogens with zero attached hydrogens (tertiary/aromatic N) is 4. The van der Waals surface area contributed by atoms with Gasteiger partial charge >= 0.3 is 0 Å². The lowest BCUT2D eigenvalue weighted by molar-refractivity contribution is 0.180. The Morgan fingerprint density at radius 2 is 2.22 bits per heavy atom. The zero-order valence-corrected chi connectivity index (χ0v) is 15.0. The number of aliphatic imine (C=N–C) groups is 1. The van der Waals surface area contributed by atoms with Crippen LogP contribution < -0.4 is 10.6 Å². The highest BCUT2D eigenvalue weighted by Crippen LogP contribution is 1.97. The molecule has 7 heteroatoms. The number of rotatable bonds is 11. The molecule has 0 amide bonds. The maximum absolute atomic E-state index is 5.07. The molecule has 1 unspecified atom stereocenters. The van der Waals surface area contributed by atoms with Gasteiger partial charge in [0, 0.05) is 65.9 Å². The summed E-state index contributed by atoms with van der Waals surface area (Å²) in [5.41, 5.74) is 0. The Bertz CT molecular complexity index is 420. The molecule has 0 aliphatic carbocycles. The Hall–Kier alpha value is -1.60. The van der Waals surface area contributed by atoms with Crippen molar-refractivity contribution in [3.63, 3.8) is 0 Å². The summed E-state index contributed by atoms with van der Waals surface area (Å²) in [6.07, 6.45) is 4.86. The molecule has 0 aliphatic rings. The molecule has 0 spiro atoms. The average molecular weight is 324 g/mol. The number of likely N-dealkylation sites (N-methyl/N-ethyl adjacent to an activating group) is 1. The van der Waals surface area contributed by atoms with Crippen molar-refractivity contribution in [2.45, 2.75) is 19.9 Å². The van der Waals surface area contributed by atoms with Crippen molar-refractivity contribution in [1.82, 2.24) is 25.3 Å². The monoisotopic (exact) mass is 324 g/mol. The van der Waals surface area contributed by atoms with E-state index in [4.69, 9.17) is 4.74 Å². The van der Waals surface area contributed by atoms with Gasteiger partial charge in [0.25, 0.3) is 0 Å². The number of hydrogen-bond donors (Lipinski definition) is 2. The lowest BCUT2D eigenvalue weighted by Gasteiger charge is -2.19. The van der Waals surface area contributed by atoms with Gasteiger partial charge in [-0.25, -0.2) is 0 Å². The molecule has 1 aromatic rings. The van der Waals surface area contributed by atoms with Crippen LogP contribution in [0.15, 0.2) is 23.5 Å². The molecule has 7 nitrogen and oxygen atoms in total. The second-order valence-electron chi connectivity index (χ2n) is 5.86. The lowest BCUT2D eigenvalue weighted by atomic mass is 10.2. The Balaban J connectivity index is 2.14. The average Bonchev–Trinajstić information content (AvgIpc) is 3.03. The molecule has 132 valence electrons. The summed E-state index contributed by atoms with van der Waals surface area (Å²) in [7, 11) is 5.67. The first-order valence-corrected chi connectivity index (χ1v) is 8.25. The quantitative estimate of drug-likeness (QED) is 0.355. The summed E-state index contributed by atoms with van der Waals surface area (Å²) in [6.45, 7) is 7.68. The Morgan fingerprint density at radius 3 is 2.87 bits per heavy atom. The first-order valence-electron chi connectivity index (χ1n) is 8.25. The van der Waals surface area contributed by atoms with Crippen LogP contribution in [0.4, 0.5) is 0 Å². The van der Waals surface area contributed by atoms with Gasteiger partial charge in [0.15, 0.2) is 5.96 Å². The van der Waals surface area contributed by atoms with E-state index in [1.165, 1.54) is 0 Å². The summed E-state index contributed by atoms with van der Waals surface area (Å²) in [6, 6.07) is 1.95. The van der Waals surface area contributed by atoms with Crippen LogP contribution >= 0.6 is 0 Å². The third kappa shape index (κ3) is 9.20. The topological polar surface area (TPSA) is 66.7 Å².